The lowest BCUT2D eigenvalue weighted by molar-refractivity contribution is -0.126. The highest BCUT2D eigenvalue weighted by Gasteiger charge is 2.29. The van der Waals surface area contributed by atoms with E-state index < -0.39 is 5.54 Å². The number of halogens is 1. The lowest BCUT2D eigenvalue weighted by Crippen LogP contribution is -2.49. The minimum absolute atomic E-state index is 0. The van der Waals surface area contributed by atoms with Crippen LogP contribution in [0.1, 0.15) is 22.4 Å². The fourth-order valence-electron chi connectivity index (χ4n) is 2.52. The summed E-state index contributed by atoms with van der Waals surface area (Å²) < 4.78 is 0. The number of thiophene rings is 1. The van der Waals surface area contributed by atoms with Gasteiger partial charge in [-0.15, -0.1) is 35.1 Å². The summed E-state index contributed by atoms with van der Waals surface area (Å²) >= 11 is 3.37. The van der Waals surface area contributed by atoms with Crippen molar-refractivity contribution < 1.29 is 4.79 Å². The average Bonchev–Trinajstić information content (AvgIpc) is 3.24. The Morgan fingerprint density at radius 2 is 1.96 bits per heavy atom. The number of hydrogen-bond acceptors (Lipinski definition) is 5. The summed E-state index contributed by atoms with van der Waals surface area (Å²) in [5.41, 5.74) is 7.04. The molecular weight excluding hydrogens is 386 g/mol. The number of carbonyl (C=O) groups excluding carboxylic acids is 1. The molecule has 1 unspecified atom stereocenters. The maximum absolute atomic E-state index is 12.4. The van der Waals surface area contributed by atoms with Gasteiger partial charge in [0.1, 0.15) is 5.54 Å². The van der Waals surface area contributed by atoms with E-state index in [0.717, 1.165) is 22.7 Å². The van der Waals surface area contributed by atoms with Gasteiger partial charge in [0.15, 0.2) is 0 Å². The van der Waals surface area contributed by atoms with E-state index in [-0.39, 0.29) is 18.3 Å². The molecule has 0 aliphatic carbocycles. The third kappa shape index (κ3) is 4.71. The van der Waals surface area contributed by atoms with Gasteiger partial charge in [0.25, 0.3) is 0 Å². The van der Waals surface area contributed by atoms with Gasteiger partial charge in [0.05, 0.1) is 15.6 Å². The number of amides is 1. The number of rotatable bonds is 6. The number of nitrogens with one attached hydrogen (secondary N) is 1. The predicted octanol–water partition coefficient (Wildman–Crippen LogP) is 4.13. The smallest absolute Gasteiger partial charge is 0.244 e. The minimum atomic E-state index is -1.03. The molecular formula is C19H22ClN3OS2. The molecule has 1 atom stereocenters. The van der Waals surface area contributed by atoms with Gasteiger partial charge in [-0.05, 0) is 38.0 Å². The number of aromatic nitrogens is 1. The van der Waals surface area contributed by atoms with Crippen molar-refractivity contribution in [1.82, 2.24) is 10.3 Å². The second-order valence-electron chi connectivity index (χ2n) is 6.09. The van der Waals surface area contributed by atoms with Gasteiger partial charge >= 0.3 is 0 Å². The second kappa shape index (κ2) is 8.77. The van der Waals surface area contributed by atoms with Crippen LogP contribution in [0.15, 0.2) is 47.8 Å². The number of nitrogens with zero attached hydrogens (tertiary/aromatic N) is 1. The molecule has 0 aliphatic heterocycles. The van der Waals surface area contributed by atoms with Crippen molar-refractivity contribution in [3.8, 4) is 10.6 Å². The Morgan fingerprint density at radius 3 is 2.62 bits per heavy atom. The third-order valence-electron chi connectivity index (χ3n) is 4.04. The Kier molecular flexibility index (Phi) is 6.94. The first-order valence-electron chi connectivity index (χ1n) is 8.11. The van der Waals surface area contributed by atoms with Gasteiger partial charge in [0, 0.05) is 16.8 Å². The van der Waals surface area contributed by atoms with Crippen LogP contribution < -0.4 is 11.1 Å². The van der Waals surface area contributed by atoms with Crippen molar-refractivity contribution in [3.63, 3.8) is 0 Å². The monoisotopic (exact) mass is 407 g/mol. The molecule has 26 heavy (non-hydrogen) atoms. The molecule has 2 aromatic heterocycles. The van der Waals surface area contributed by atoms with E-state index in [1.807, 2.05) is 37.3 Å². The van der Waals surface area contributed by atoms with Crippen LogP contribution in [0.25, 0.3) is 10.6 Å². The summed E-state index contributed by atoms with van der Waals surface area (Å²) in [7, 11) is 0. The van der Waals surface area contributed by atoms with Crippen LogP contribution in [-0.4, -0.2) is 17.4 Å². The second-order valence-corrected chi connectivity index (χ2v) is 8.32. The van der Waals surface area contributed by atoms with Gasteiger partial charge in [-0.3, -0.25) is 4.79 Å². The highest BCUT2D eigenvalue weighted by Crippen LogP contribution is 2.29. The van der Waals surface area contributed by atoms with E-state index in [2.05, 4.69) is 27.8 Å². The fourth-order valence-corrected chi connectivity index (χ4v) is 4.18. The number of carbonyl (C=O) groups is 1. The average molecular weight is 408 g/mol. The molecule has 3 aromatic rings. The molecule has 3 N–H and O–H groups in total. The van der Waals surface area contributed by atoms with Gasteiger partial charge < -0.3 is 11.1 Å². The SMILES string of the molecule is Cc1nc(-c2ccc(CCNC(=O)C(C)(N)c3ccccc3)s2)cs1.Cl. The normalized spacial score (nSPS) is 12.9. The summed E-state index contributed by atoms with van der Waals surface area (Å²) in [4.78, 5) is 19.3. The van der Waals surface area contributed by atoms with Crippen LogP contribution in [0.3, 0.4) is 0 Å². The third-order valence-corrected chi connectivity index (χ3v) is 5.98. The molecule has 0 spiro atoms. The Labute approximate surface area is 167 Å². The lowest BCUT2D eigenvalue weighted by atomic mass is 9.92. The molecule has 0 bridgehead atoms. The molecule has 0 aliphatic rings. The number of hydrogen-bond donors (Lipinski definition) is 2. The minimum Gasteiger partial charge on any atom is -0.354 e. The van der Waals surface area contributed by atoms with Crippen molar-refractivity contribution in [3.05, 3.63) is 63.3 Å². The largest absolute Gasteiger partial charge is 0.354 e. The van der Waals surface area contributed by atoms with E-state index >= 15 is 0 Å². The number of nitrogens with two attached hydrogens (primary N) is 1. The fraction of sp³-hybridized carbons (Fsp3) is 0.263. The number of thiazole rings is 1. The first-order valence-corrected chi connectivity index (χ1v) is 9.80. The van der Waals surface area contributed by atoms with Crippen molar-refractivity contribution in [2.45, 2.75) is 25.8 Å². The van der Waals surface area contributed by atoms with Gasteiger partial charge in [-0.1, -0.05) is 30.3 Å². The molecule has 7 heteroatoms. The van der Waals surface area contributed by atoms with Gasteiger partial charge in [-0.25, -0.2) is 4.98 Å². The topological polar surface area (TPSA) is 68.0 Å². The van der Waals surface area contributed by atoms with E-state index in [1.54, 1.807) is 29.6 Å². The van der Waals surface area contributed by atoms with Crippen LogP contribution in [0.2, 0.25) is 0 Å². The molecule has 1 aromatic carbocycles. The highest BCUT2D eigenvalue weighted by atomic mass is 35.5. The molecule has 3 rings (SSSR count). The molecule has 0 fully saturated rings. The quantitative estimate of drug-likeness (QED) is 0.645. The number of aryl methyl sites for hydroxylation is 1. The summed E-state index contributed by atoms with van der Waals surface area (Å²) in [6, 6.07) is 13.6. The van der Waals surface area contributed by atoms with Crippen molar-refractivity contribution >= 4 is 41.0 Å². The van der Waals surface area contributed by atoms with Crippen LogP contribution in [0.4, 0.5) is 0 Å². The Morgan fingerprint density at radius 1 is 1.23 bits per heavy atom. The van der Waals surface area contributed by atoms with Gasteiger partial charge in [0.2, 0.25) is 5.91 Å². The summed E-state index contributed by atoms with van der Waals surface area (Å²) in [6.07, 6.45) is 0.782. The zero-order valence-electron chi connectivity index (χ0n) is 14.7. The molecule has 0 radical (unpaired) electrons. The van der Waals surface area contributed by atoms with Crippen LogP contribution in [0, 0.1) is 6.92 Å². The first-order chi connectivity index (χ1) is 12.0. The van der Waals surface area contributed by atoms with E-state index in [0.29, 0.717) is 6.54 Å². The summed E-state index contributed by atoms with van der Waals surface area (Å²) in [6.45, 7) is 4.31. The van der Waals surface area contributed by atoms with Gasteiger partial charge in [-0.2, -0.15) is 0 Å². The summed E-state index contributed by atoms with van der Waals surface area (Å²) in [5.74, 6) is -0.161. The summed E-state index contributed by atoms with van der Waals surface area (Å²) in [5, 5.41) is 6.10. The molecule has 1 amide bonds. The van der Waals surface area contributed by atoms with Crippen LogP contribution >= 0.6 is 35.1 Å². The zero-order valence-corrected chi connectivity index (χ0v) is 17.1. The lowest BCUT2D eigenvalue weighted by Gasteiger charge is -2.24. The molecule has 138 valence electrons. The van der Waals surface area contributed by atoms with Crippen LogP contribution in [0.5, 0.6) is 0 Å². The maximum Gasteiger partial charge on any atom is 0.244 e. The van der Waals surface area contributed by atoms with E-state index in [4.69, 9.17) is 5.73 Å². The van der Waals surface area contributed by atoms with Crippen molar-refractivity contribution in [2.75, 3.05) is 6.54 Å². The Hall–Kier alpha value is -1.73. The van der Waals surface area contributed by atoms with E-state index in [1.165, 1.54) is 9.75 Å². The Balaban J connectivity index is 0.00000243. The standard InChI is InChI=1S/C19H21N3OS2.ClH/c1-13-22-16(12-24-13)17-9-8-15(25-17)10-11-21-18(23)19(2,20)14-6-4-3-5-7-14;/h3-9,12H,10-11,20H2,1-2H3,(H,21,23);1H. The molecule has 4 nitrogen and oxygen atoms in total. The van der Waals surface area contributed by atoms with Crippen molar-refractivity contribution in [2.24, 2.45) is 5.73 Å². The maximum atomic E-state index is 12.4. The van der Waals surface area contributed by atoms with E-state index in [9.17, 15) is 4.79 Å². The first kappa shape index (κ1) is 20.6. The molecule has 2 heterocycles. The van der Waals surface area contributed by atoms with Crippen molar-refractivity contribution in [1.29, 1.82) is 0 Å². The predicted molar refractivity (Wildman–Crippen MR) is 112 cm³/mol. The highest BCUT2D eigenvalue weighted by molar-refractivity contribution is 7.16. The number of benzene rings is 1. The molecule has 0 saturated heterocycles. The Bertz CT molecular complexity index is 859. The molecule has 0 saturated carbocycles. The zero-order chi connectivity index (χ0) is 17.9. The van der Waals surface area contributed by atoms with Crippen LogP contribution in [-0.2, 0) is 16.8 Å².